The molecule has 0 amide bonds. The molecule has 0 spiro atoms. The summed E-state index contributed by atoms with van der Waals surface area (Å²) in [5.74, 6) is 1.41. The van der Waals surface area contributed by atoms with Crippen LogP contribution in [-0.2, 0) is 4.74 Å². The van der Waals surface area contributed by atoms with E-state index in [1.807, 2.05) is 56.3 Å². The first-order chi connectivity index (χ1) is 17.4. The first kappa shape index (κ1) is 24.3. The molecule has 2 aromatic carbocycles. The zero-order valence-corrected chi connectivity index (χ0v) is 21.6. The van der Waals surface area contributed by atoms with E-state index in [4.69, 9.17) is 20.8 Å². The molecule has 4 aromatic rings. The van der Waals surface area contributed by atoms with Crippen LogP contribution in [-0.4, -0.2) is 31.3 Å². The summed E-state index contributed by atoms with van der Waals surface area (Å²) in [4.78, 5) is 20.3. The van der Waals surface area contributed by atoms with Crippen molar-refractivity contribution in [2.75, 3.05) is 36.5 Å². The molecule has 1 aliphatic rings. The third-order valence-corrected chi connectivity index (χ3v) is 6.84. The molecular weight excluding hydrogens is 474 g/mol. The van der Waals surface area contributed by atoms with E-state index in [1.54, 1.807) is 6.07 Å². The topological polar surface area (TPSA) is 67.6 Å². The summed E-state index contributed by atoms with van der Waals surface area (Å²) in [5.41, 5.74) is 4.88. The van der Waals surface area contributed by atoms with Crippen molar-refractivity contribution in [1.29, 1.82) is 0 Å². The summed E-state index contributed by atoms with van der Waals surface area (Å²) in [5, 5.41) is 4.66. The number of halogens is 1. The van der Waals surface area contributed by atoms with Crippen molar-refractivity contribution in [2.45, 2.75) is 33.2 Å². The molecule has 5 rings (SSSR count). The lowest BCUT2D eigenvalue weighted by atomic mass is 9.99. The fourth-order valence-corrected chi connectivity index (χ4v) is 4.95. The average Bonchev–Trinajstić information content (AvgIpc) is 3.17. The molecule has 1 N–H and O–H groups in total. The Kier molecular flexibility index (Phi) is 6.99. The molecule has 1 saturated heterocycles. The van der Waals surface area contributed by atoms with Gasteiger partial charge >= 0.3 is 0 Å². The highest BCUT2D eigenvalue weighted by molar-refractivity contribution is 6.29. The summed E-state index contributed by atoms with van der Waals surface area (Å²) in [7, 11) is 0. The maximum absolute atomic E-state index is 13.4. The molecule has 7 heteroatoms. The van der Waals surface area contributed by atoms with E-state index in [1.165, 1.54) is 0 Å². The van der Waals surface area contributed by atoms with Crippen LogP contribution in [0.4, 0.5) is 11.5 Å². The van der Waals surface area contributed by atoms with Gasteiger partial charge in [-0.15, -0.1) is 0 Å². The smallest absolute Gasteiger partial charge is 0.196 e. The van der Waals surface area contributed by atoms with Gasteiger partial charge in [-0.2, -0.15) is 0 Å². The van der Waals surface area contributed by atoms with E-state index < -0.39 is 0 Å². The molecule has 0 bridgehead atoms. The lowest BCUT2D eigenvalue weighted by Gasteiger charge is -2.26. The zero-order chi connectivity index (χ0) is 25.2. The Balaban J connectivity index is 1.59. The van der Waals surface area contributed by atoms with Crippen LogP contribution in [0.3, 0.4) is 0 Å². The SMILES string of the molecule is Cc1cc([C@@H](C)Nc2ccc(Cl)nc2N2CCCOCC2)c2oc(-c3ccccc3)c(C)c(=O)c2c1. The number of ether oxygens (including phenoxy) is 1. The minimum Gasteiger partial charge on any atom is -0.455 e. The van der Waals surface area contributed by atoms with Gasteiger partial charge < -0.3 is 19.4 Å². The monoisotopic (exact) mass is 503 g/mol. The number of pyridine rings is 1. The number of anilines is 2. The molecular formula is C29H30ClN3O3. The van der Waals surface area contributed by atoms with Crippen molar-refractivity contribution in [3.8, 4) is 11.3 Å². The van der Waals surface area contributed by atoms with E-state index in [0.717, 1.165) is 54.3 Å². The third-order valence-electron chi connectivity index (χ3n) is 6.63. The Bertz CT molecular complexity index is 1440. The van der Waals surface area contributed by atoms with Crippen molar-refractivity contribution in [3.05, 3.63) is 86.7 Å². The van der Waals surface area contributed by atoms with E-state index >= 15 is 0 Å². The minimum absolute atomic E-state index is 0.00864. The summed E-state index contributed by atoms with van der Waals surface area (Å²) < 4.78 is 12.1. The van der Waals surface area contributed by atoms with Gasteiger partial charge in [-0.25, -0.2) is 4.98 Å². The standard InChI is InChI=1S/C29H30ClN3O3/c1-18-16-22(28-23(17-18)26(34)19(2)27(36-28)21-8-5-4-6-9-21)20(3)31-24-10-11-25(30)32-29(24)33-12-7-14-35-15-13-33/h4-6,8-11,16-17,20,31H,7,12-15H2,1-3H3/t20-/m1/s1. The molecule has 1 atom stereocenters. The van der Waals surface area contributed by atoms with Crippen molar-refractivity contribution in [1.82, 2.24) is 4.98 Å². The molecule has 0 radical (unpaired) electrons. The Labute approximate surface area is 215 Å². The summed E-state index contributed by atoms with van der Waals surface area (Å²) in [6.07, 6.45) is 0.929. The second-order valence-electron chi connectivity index (χ2n) is 9.31. The normalized spacial score (nSPS) is 15.1. The van der Waals surface area contributed by atoms with E-state index in [2.05, 4.69) is 28.2 Å². The molecule has 3 heterocycles. The molecule has 0 saturated carbocycles. The first-order valence-corrected chi connectivity index (χ1v) is 12.7. The van der Waals surface area contributed by atoms with Crippen LogP contribution in [0.1, 0.15) is 36.1 Å². The second-order valence-corrected chi connectivity index (χ2v) is 9.69. The van der Waals surface area contributed by atoms with Gasteiger partial charge in [0.05, 0.1) is 23.7 Å². The Morgan fingerprint density at radius 3 is 2.67 bits per heavy atom. The highest BCUT2D eigenvalue weighted by atomic mass is 35.5. The van der Waals surface area contributed by atoms with Gasteiger partial charge in [0, 0.05) is 36.4 Å². The van der Waals surface area contributed by atoms with Gasteiger partial charge in [-0.3, -0.25) is 4.79 Å². The predicted octanol–water partition coefficient (Wildman–Crippen LogP) is 6.53. The zero-order valence-electron chi connectivity index (χ0n) is 20.8. The Morgan fingerprint density at radius 2 is 1.86 bits per heavy atom. The van der Waals surface area contributed by atoms with Gasteiger partial charge in [0.25, 0.3) is 0 Å². The molecule has 36 heavy (non-hydrogen) atoms. The predicted molar refractivity (Wildman–Crippen MR) is 146 cm³/mol. The third kappa shape index (κ3) is 4.84. The molecule has 0 aliphatic carbocycles. The van der Waals surface area contributed by atoms with Gasteiger partial charge in [0.2, 0.25) is 0 Å². The number of aryl methyl sites for hydroxylation is 1. The Hall–Kier alpha value is -3.35. The number of aromatic nitrogens is 1. The number of nitrogens with zero attached hydrogens (tertiary/aromatic N) is 2. The molecule has 186 valence electrons. The van der Waals surface area contributed by atoms with Crippen LogP contribution in [0.5, 0.6) is 0 Å². The molecule has 1 aliphatic heterocycles. The number of rotatable bonds is 5. The fourth-order valence-electron chi connectivity index (χ4n) is 4.80. The molecule has 6 nitrogen and oxygen atoms in total. The van der Waals surface area contributed by atoms with Gasteiger partial charge in [0.15, 0.2) is 11.2 Å². The number of hydrogen-bond donors (Lipinski definition) is 1. The maximum Gasteiger partial charge on any atom is 0.196 e. The molecule has 1 fully saturated rings. The van der Waals surface area contributed by atoms with Gasteiger partial charge in [-0.05, 0) is 51.0 Å². The highest BCUT2D eigenvalue weighted by Crippen LogP contribution is 2.34. The van der Waals surface area contributed by atoms with E-state index in [9.17, 15) is 4.79 Å². The van der Waals surface area contributed by atoms with Crippen molar-refractivity contribution < 1.29 is 9.15 Å². The number of fused-ring (bicyclic) bond motifs is 1. The van der Waals surface area contributed by atoms with E-state index in [0.29, 0.717) is 34.1 Å². The summed E-state index contributed by atoms with van der Waals surface area (Å²) in [6, 6.07) is 17.3. The fraction of sp³-hybridized carbons (Fsp3) is 0.310. The summed E-state index contributed by atoms with van der Waals surface area (Å²) >= 11 is 6.29. The van der Waals surface area contributed by atoms with Crippen LogP contribution in [0.25, 0.3) is 22.3 Å². The number of benzene rings is 2. The van der Waals surface area contributed by atoms with Crippen molar-refractivity contribution in [3.63, 3.8) is 0 Å². The lowest BCUT2D eigenvalue weighted by Crippen LogP contribution is -2.28. The van der Waals surface area contributed by atoms with Crippen LogP contribution in [0.15, 0.2) is 63.8 Å². The molecule has 2 aromatic heterocycles. The first-order valence-electron chi connectivity index (χ1n) is 12.3. The average molecular weight is 504 g/mol. The second kappa shape index (κ2) is 10.3. The van der Waals surface area contributed by atoms with Crippen LogP contribution >= 0.6 is 11.6 Å². The van der Waals surface area contributed by atoms with Gasteiger partial charge in [0.1, 0.15) is 16.5 Å². The largest absolute Gasteiger partial charge is 0.455 e. The quantitative estimate of drug-likeness (QED) is 0.312. The van der Waals surface area contributed by atoms with Crippen LogP contribution < -0.4 is 15.6 Å². The van der Waals surface area contributed by atoms with Gasteiger partial charge in [-0.1, -0.05) is 48.0 Å². The minimum atomic E-state index is -0.160. The highest BCUT2D eigenvalue weighted by Gasteiger charge is 2.21. The van der Waals surface area contributed by atoms with E-state index in [-0.39, 0.29) is 11.5 Å². The van der Waals surface area contributed by atoms with Crippen LogP contribution in [0, 0.1) is 13.8 Å². The maximum atomic E-state index is 13.4. The van der Waals surface area contributed by atoms with Crippen LogP contribution in [0.2, 0.25) is 5.15 Å². The number of hydrogen-bond acceptors (Lipinski definition) is 6. The lowest BCUT2D eigenvalue weighted by molar-refractivity contribution is 0.152. The van der Waals surface area contributed by atoms with Crippen molar-refractivity contribution >= 4 is 34.1 Å². The Morgan fingerprint density at radius 1 is 1.06 bits per heavy atom. The number of nitrogens with one attached hydrogen (secondary N) is 1. The molecule has 0 unspecified atom stereocenters. The summed E-state index contributed by atoms with van der Waals surface area (Å²) in [6.45, 7) is 8.89. The van der Waals surface area contributed by atoms with Crippen molar-refractivity contribution in [2.24, 2.45) is 0 Å².